The molecule has 2 heteroatoms. The van der Waals surface area contributed by atoms with Crippen molar-refractivity contribution >= 4 is 5.97 Å². The summed E-state index contributed by atoms with van der Waals surface area (Å²) in [4.78, 5) is 11.1. The van der Waals surface area contributed by atoms with E-state index in [2.05, 4.69) is 27.4 Å². The Hall–Kier alpha value is -0.790. The number of aliphatic carboxylic acids is 1. The molecule has 0 aromatic rings. The minimum absolute atomic E-state index is 0.110. The van der Waals surface area contributed by atoms with Crippen molar-refractivity contribution in [3.63, 3.8) is 0 Å². The third kappa shape index (κ3) is 4.82. The molecule has 0 saturated carbocycles. The zero-order chi connectivity index (χ0) is 12.8. The van der Waals surface area contributed by atoms with Gasteiger partial charge in [0.15, 0.2) is 0 Å². The first-order valence-corrected chi connectivity index (χ1v) is 6.20. The van der Waals surface area contributed by atoms with Gasteiger partial charge in [-0.15, -0.1) is 6.58 Å². The number of carboxylic acids is 1. The van der Waals surface area contributed by atoms with Gasteiger partial charge in [0.2, 0.25) is 0 Å². The fourth-order valence-electron chi connectivity index (χ4n) is 2.23. The third-order valence-electron chi connectivity index (χ3n) is 3.53. The number of hydrogen-bond acceptors (Lipinski definition) is 1. The van der Waals surface area contributed by atoms with Crippen LogP contribution in [0.4, 0.5) is 0 Å². The number of allylic oxidation sites excluding steroid dienone is 1. The molecule has 0 saturated heterocycles. The highest BCUT2D eigenvalue weighted by Gasteiger charge is 2.33. The zero-order valence-electron chi connectivity index (χ0n) is 11.1. The highest BCUT2D eigenvalue weighted by Crippen LogP contribution is 2.35. The molecule has 0 aliphatic heterocycles. The van der Waals surface area contributed by atoms with Crippen molar-refractivity contribution in [3.8, 4) is 0 Å². The van der Waals surface area contributed by atoms with Gasteiger partial charge in [-0.1, -0.05) is 40.2 Å². The van der Waals surface area contributed by atoms with Crippen molar-refractivity contribution in [2.45, 2.75) is 53.4 Å². The summed E-state index contributed by atoms with van der Waals surface area (Å²) in [5, 5.41) is 9.15. The largest absolute Gasteiger partial charge is 0.481 e. The van der Waals surface area contributed by atoms with Crippen molar-refractivity contribution < 1.29 is 9.90 Å². The molecular weight excluding hydrogens is 200 g/mol. The van der Waals surface area contributed by atoms with Crippen molar-refractivity contribution in [2.75, 3.05) is 0 Å². The van der Waals surface area contributed by atoms with Crippen molar-refractivity contribution in [1.29, 1.82) is 0 Å². The standard InChI is InChI=1S/C14H26O2/c1-6-11(3)9-8-10-14(4,5)12(7-2)13(15)16/h6,11-12H,1,7-10H2,2-5H3,(H,15,16). The molecule has 16 heavy (non-hydrogen) atoms. The summed E-state index contributed by atoms with van der Waals surface area (Å²) < 4.78 is 0. The Kier molecular flexibility index (Phi) is 6.39. The second kappa shape index (κ2) is 6.72. The normalized spacial score (nSPS) is 15.5. The van der Waals surface area contributed by atoms with Crippen LogP contribution < -0.4 is 0 Å². The molecular formula is C14H26O2. The minimum Gasteiger partial charge on any atom is -0.481 e. The van der Waals surface area contributed by atoms with Gasteiger partial charge in [0.25, 0.3) is 0 Å². The van der Waals surface area contributed by atoms with Crippen molar-refractivity contribution in [1.82, 2.24) is 0 Å². The number of rotatable bonds is 8. The summed E-state index contributed by atoms with van der Waals surface area (Å²) in [7, 11) is 0. The summed E-state index contributed by atoms with van der Waals surface area (Å²) >= 11 is 0. The predicted octanol–water partition coefficient (Wildman–Crippen LogP) is 4.12. The van der Waals surface area contributed by atoms with Crippen LogP contribution in [0.5, 0.6) is 0 Å². The Morgan fingerprint density at radius 1 is 1.50 bits per heavy atom. The van der Waals surface area contributed by atoms with E-state index in [9.17, 15) is 4.79 Å². The molecule has 0 aromatic carbocycles. The van der Waals surface area contributed by atoms with Crippen LogP contribution in [0.3, 0.4) is 0 Å². The van der Waals surface area contributed by atoms with E-state index < -0.39 is 5.97 Å². The van der Waals surface area contributed by atoms with Crippen LogP contribution in [-0.4, -0.2) is 11.1 Å². The second-order valence-corrected chi connectivity index (χ2v) is 5.39. The van der Waals surface area contributed by atoms with Crippen LogP contribution in [0, 0.1) is 17.3 Å². The highest BCUT2D eigenvalue weighted by atomic mass is 16.4. The van der Waals surface area contributed by atoms with E-state index in [1.807, 2.05) is 13.0 Å². The Labute approximate surface area is 99.7 Å². The fourth-order valence-corrected chi connectivity index (χ4v) is 2.23. The van der Waals surface area contributed by atoms with Crippen LogP contribution in [0.2, 0.25) is 0 Å². The molecule has 0 radical (unpaired) electrons. The molecule has 2 atom stereocenters. The lowest BCUT2D eigenvalue weighted by Crippen LogP contribution is -2.30. The monoisotopic (exact) mass is 226 g/mol. The first-order valence-electron chi connectivity index (χ1n) is 6.20. The van der Waals surface area contributed by atoms with Crippen LogP contribution in [0.25, 0.3) is 0 Å². The van der Waals surface area contributed by atoms with E-state index in [0.717, 1.165) is 19.3 Å². The molecule has 0 heterocycles. The Bertz CT molecular complexity index is 231. The van der Waals surface area contributed by atoms with E-state index in [1.165, 1.54) is 0 Å². The van der Waals surface area contributed by atoms with E-state index >= 15 is 0 Å². The zero-order valence-corrected chi connectivity index (χ0v) is 11.1. The van der Waals surface area contributed by atoms with Gasteiger partial charge in [0, 0.05) is 0 Å². The predicted molar refractivity (Wildman–Crippen MR) is 68.4 cm³/mol. The average Bonchev–Trinajstić information content (AvgIpc) is 2.16. The van der Waals surface area contributed by atoms with Crippen LogP contribution in [0.15, 0.2) is 12.7 Å². The minimum atomic E-state index is -0.663. The molecule has 2 nitrogen and oxygen atoms in total. The van der Waals surface area contributed by atoms with Crippen LogP contribution in [-0.2, 0) is 4.79 Å². The topological polar surface area (TPSA) is 37.3 Å². The molecule has 0 aliphatic carbocycles. The maximum Gasteiger partial charge on any atom is 0.307 e. The van der Waals surface area contributed by atoms with E-state index in [4.69, 9.17) is 5.11 Å². The van der Waals surface area contributed by atoms with Gasteiger partial charge in [0.1, 0.15) is 0 Å². The Balaban J connectivity index is 4.21. The highest BCUT2D eigenvalue weighted by molar-refractivity contribution is 5.70. The maximum atomic E-state index is 11.1. The van der Waals surface area contributed by atoms with E-state index in [-0.39, 0.29) is 11.3 Å². The molecule has 0 bridgehead atoms. The van der Waals surface area contributed by atoms with Crippen molar-refractivity contribution in [2.24, 2.45) is 17.3 Å². The fraction of sp³-hybridized carbons (Fsp3) is 0.786. The average molecular weight is 226 g/mol. The van der Waals surface area contributed by atoms with Gasteiger partial charge in [-0.2, -0.15) is 0 Å². The lowest BCUT2D eigenvalue weighted by molar-refractivity contribution is -0.146. The molecule has 0 amide bonds. The maximum absolute atomic E-state index is 11.1. The quantitative estimate of drug-likeness (QED) is 0.632. The summed E-state index contributed by atoms with van der Waals surface area (Å²) in [5.41, 5.74) is -0.110. The first-order chi connectivity index (χ1) is 7.35. The Morgan fingerprint density at radius 3 is 2.44 bits per heavy atom. The lowest BCUT2D eigenvalue weighted by Gasteiger charge is -2.31. The SMILES string of the molecule is C=CC(C)CCCC(C)(C)C(CC)C(=O)O. The lowest BCUT2D eigenvalue weighted by atomic mass is 9.73. The molecule has 0 fully saturated rings. The van der Waals surface area contributed by atoms with Gasteiger partial charge in [-0.05, 0) is 30.6 Å². The Morgan fingerprint density at radius 2 is 2.06 bits per heavy atom. The molecule has 94 valence electrons. The number of hydrogen-bond donors (Lipinski definition) is 1. The van der Waals surface area contributed by atoms with Crippen molar-refractivity contribution in [3.05, 3.63) is 12.7 Å². The summed E-state index contributed by atoms with van der Waals surface area (Å²) in [6, 6.07) is 0. The van der Waals surface area contributed by atoms with Crippen LogP contribution >= 0.6 is 0 Å². The van der Waals surface area contributed by atoms with Crippen LogP contribution in [0.1, 0.15) is 53.4 Å². The summed E-state index contributed by atoms with van der Waals surface area (Å²) in [5.74, 6) is -0.364. The van der Waals surface area contributed by atoms with E-state index in [1.54, 1.807) is 0 Å². The van der Waals surface area contributed by atoms with Gasteiger partial charge < -0.3 is 5.11 Å². The van der Waals surface area contributed by atoms with Gasteiger partial charge in [0.05, 0.1) is 5.92 Å². The molecule has 0 aliphatic rings. The molecule has 0 spiro atoms. The second-order valence-electron chi connectivity index (χ2n) is 5.39. The molecule has 0 rings (SSSR count). The third-order valence-corrected chi connectivity index (χ3v) is 3.53. The number of carboxylic acid groups (broad SMARTS) is 1. The van der Waals surface area contributed by atoms with E-state index in [0.29, 0.717) is 12.3 Å². The summed E-state index contributed by atoms with van der Waals surface area (Å²) in [6.45, 7) is 12.0. The number of carbonyl (C=O) groups is 1. The van der Waals surface area contributed by atoms with Gasteiger partial charge in [-0.25, -0.2) is 0 Å². The van der Waals surface area contributed by atoms with Gasteiger partial charge >= 0.3 is 5.97 Å². The molecule has 0 aromatic heterocycles. The molecule has 1 N–H and O–H groups in total. The summed E-state index contributed by atoms with van der Waals surface area (Å²) in [6.07, 6.45) is 5.81. The first kappa shape index (κ1) is 15.2. The van der Waals surface area contributed by atoms with Gasteiger partial charge in [-0.3, -0.25) is 4.79 Å². The molecule has 2 unspecified atom stereocenters. The smallest absolute Gasteiger partial charge is 0.307 e.